The number of benzene rings is 1. The fourth-order valence-corrected chi connectivity index (χ4v) is 1.37. The maximum absolute atomic E-state index is 11.2. The predicted molar refractivity (Wildman–Crippen MR) is 57.4 cm³/mol. The van der Waals surface area contributed by atoms with Crippen molar-refractivity contribution in [1.29, 1.82) is 0 Å². The fourth-order valence-electron chi connectivity index (χ4n) is 1.37. The van der Waals surface area contributed by atoms with Gasteiger partial charge in [0.1, 0.15) is 0 Å². The molecular formula is C11H10N2O2. The molecule has 0 radical (unpaired) electrons. The van der Waals surface area contributed by atoms with Gasteiger partial charge in [0.15, 0.2) is 0 Å². The number of ether oxygens (including phenoxy) is 1. The Bertz CT molecular complexity index is 432. The van der Waals surface area contributed by atoms with E-state index >= 15 is 0 Å². The smallest absolute Gasteiger partial charge is 0.337 e. The lowest BCUT2D eigenvalue weighted by Gasteiger charge is -2.01. The molecule has 15 heavy (non-hydrogen) atoms. The van der Waals surface area contributed by atoms with Crippen LogP contribution in [0.15, 0.2) is 34.5 Å². The Morgan fingerprint density at radius 1 is 1.33 bits per heavy atom. The molecule has 4 nitrogen and oxygen atoms in total. The normalized spacial score (nSPS) is 13.8. The highest BCUT2D eigenvalue weighted by Crippen LogP contribution is 2.10. The quantitative estimate of drug-likeness (QED) is 0.685. The van der Waals surface area contributed by atoms with Crippen LogP contribution in [0, 0.1) is 0 Å². The summed E-state index contributed by atoms with van der Waals surface area (Å²) in [6.07, 6.45) is 2.50. The zero-order valence-corrected chi connectivity index (χ0v) is 8.30. The maximum Gasteiger partial charge on any atom is 0.337 e. The average molecular weight is 202 g/mol. The van der Waals surface area contributed by atoms with Crippen LogP contribution >= 0.6 is 0 Å². The summed E-state index contributed by atoms with van der Waals surface area (Å²) in [5.41, 5.74) is 2.45. The lowest BCUT2D eigenvalue weighted by molar-refractivity contribution is 0.0601. The van der Waals surface area contributed by atoms with E-state index in [0.717, 1.165) is 17.7 Å². The Morgan fingerprint density at radius 3 is 2.60 bits per heavy atom. The molecule has 4 heteroatoms. The molecule has 1 aromatic carbocycles. The molecule has 0 aliphatic carbocycles. The summed E-state index contributed by atoms with van der Waals surface area (Å²) in [4.78, 5) is 11.2. The van der Waals surface area contributed by atoms with Gasteiger partial charge in [0.25, 0.3) is 0 Å². The fraction of sp³-hybridized carbons (Fsp3) is 0.182. The standard InChI is InChI=1S/C11H10N2O2/c1-15-11(14)9-4-2-8(3-5-9)10-6-7-12-13-10/h2-5,7H,6H2,1H3. The van der Waals surface area contributed by atoms with Crippen molar-refractivity contribution in [2.45, 2.75) is 6.42 Å². The molecule has 0 aromatic heterocycles. The number of hydrogen-bond donors (Lipinski definition) is 0. The summed E-state index contributed by atoms with van der Waals surface area (Å²) in [5.74, 6) is -0.328. The predicted octanol–water partition coefficient (Wildman–Crippen LogP) is 1.65. The Labute approximate surface area is 87.3 Å². The van der Waals surface area contributed by atoms with Crippen molar-refractivity contribution in [2.24, 2.45) is 10.2 Å². The highest BCUT2D eigenvalue weighted by atomic mass is 16.5. The van der Waals surface area contributed by atoms with E-state index in [0.29, 0.717) is 5.56 Å². The first-order valence-electron chi connectivity index (χ1n) is 4.58. The second-order valence-corrected chi connectivity index (χ2v) is 3.12. The average Bonchev–Trinajstić information content (AvgIpc) is 2.82. The van der Waals surface area contributed by atoms with Crippen molar-refractivity contribution in [2.75, 3.05) is 7.11 Å². The van der Waals surface area contributed by atoms with Crippen LogP contribution in [0.5, 0.6) is 0 Å². The van der Waals surface area contributed by atoms with Crippen molar-refractivity contribution in [3.8, 4) is 0 Å². The second-order valence-electron chi connectivity index (χ2n) is 3.12. The SMILES string of the molecule is COC(=O)c1ccc(C2=NN=CC2)cc1. The number of carbonyl (C=O) groups excluding carboxylic acids is 1. The Kier molecular flexibility index (Phi) is 2.58. The summed E-state index contributed by atoms with van der Waals surface area (Å²) < 4.78 is 4.61. The van der Waals surface area contributed by atoms with Gasteiger partial charge in [-0.15, -0.1) is 0 Å². The molecule has 0 N–H and O–H groups in total. The van der Waals surface area contributed by atoms with Crippen LogP contribution in [-0.4, -0.2) is 25.0 Å². The number of esters is 1. The molecule has 0 amide bonds. The monoisotopic (exact) mass is 202 g/mol. The van der Waals surface area contributed by atoms with Crippen LogP contribution in [-0.2, 0) is 4.74 Å². The lowest BCUT2D eigenvalue weighted by Crippen LogP contribution is -2.03. The molecule has 0 unspecified atom stereocenters. The van der Waals surface area contributed by atoms with Gasteiger partial charge in [-0.25, -0.2) is 4.79 Å². The summed E-state index contributed by atoms with van der Waals surface area (Å²) in [6.45, 7) is 0. The van der Waals surface area contributed by atoms with E-state index in [4.69, 9.17) is 0 Å². The number of methoxy groups -OCH3 is 1. The van der Waals surface area contributed by atoms with E-state index in [9.17, 15) is 4.79 Å². The van der Waals surface area contributed by atoms with Gasteiger partial charge in [0.05, 0.1) is 18.4 Å². The minimum atomic E-state index is -0.328. The van der Waals surface area contributed by atoms with Gasteiger partial charge in [-0.2, -0.15) is 10.2 Å². The first-order chi connectivity index (χ1) is 7.31. The molecule has 1 heterocycles. The van der Waals surface area contributed by atoms with E-state index < -0.39 is 0 Å². The first-order valence-corrected chi connectivity index (χ1v) is 4.58. The highest BCUT2D eigenvalue weighted by molar-refractivity contribution is 6.09. The van der Waals surface area contributed by atoms with Crippen molar-refractivity contribution < 1.29 is 9.53 Å². The minimum Gasteiger partial charge on any atom is -0.465 e. The third-order valence-electron chi connectivity index (χ3n) is 2.18. The van der Waals surface area contributed by atoms with Crippen LogP contribution in [0.1, 0.15) is 22.3 Å². The maximum atomic E-state index is 11.2. The number of rotatable bonds is 2. The number of carbonyl (C=O) groups is 1. The second kappa shape index (κ2) is 4.04. The summed E-state index contributed by atoms with van der Waals surface area (Å²) in [7, 11) is 1.37. The Morgan fingerprint density at radius 2 is 2.07 bits per heavy atom. The molecule has 0 bridgehead atoms. The highest BCUT2D eigenvalue weighted by Gasteiger charge is 2.08. The number of nitrogens with zero attached hydrogens (tertiary/aromatic N) is 2. The van der Waals surface area contributed by atoms with Crippen LogP contribution in [0.2, 0.25) is 0 Å². The van der Waals surface area contributed by atoms with Crippen LogP contribution in [0.25, 0.3) is 0 Å². The molecule has 0 spiro atoms. The minimum absolute atomic E-state index is 0.328. The van der Waals surface area contributed by atoms with Gasteiger partial charge in [-0.1, -0.05) is 12.1 Å². The molecule has 0 saturated carbocycles. The Balaban J connectivity index is 2.21. The summed E-state index contributed by atoms with van der Waals surface area (Å²) >= 11 is 0. The van der Waals surface area contributed by atoms with E-state index in [1.54, 1.807) is 18.3 Å². The zero-order chi connectivity index (χ0) is 10.7. The van der Waals surface area contributed by atoms with Gasteiger partial charge in [0, 0.05) is 12.6 Å². The zero-order valence-electron chi connectivity index (χ0n) is 8.30. The molecule has 0 atom stereocenters. The van der Waals surface area contributed by atoms with Gasteiger partial charge in [0.2, 0.25) is 0 Å². The largest absolute Gasteiger partial charge is 0.465 e. The first kappa shape index (κ1) is 9.58. The molecule has 1 aliphatic heterocycles. The van der Waals surface area contributed by atoms with Crippen LogP contribution < -0.4 is 0 Å². The summed E-state index contributed by atoms with van der Waals surface area (Å²) in [5, 5.41) is 7.76. The molecule has 0 fully saturated rings. The van der Waals surface area contributed by atoms with Crippen molar-refractivity contribution in [3.05, 3.63) is 35.4 Å². The van der Waals surface area contributed by atoms with E-state index in [2.05, 4.69) is 14.9 Å². The van der Waals surface area contributed by atoms with Crippen LogP contribution in [0.3, 0.4) is 0 Å². The van der Waals surface area contributed by atoms with Crippen molar-refractivity contribution in [1.82, 2.24) is 0 Å². The molecule has 2 rings (SSSR count). The van der Waals surface area contributed by atoms with Crippen molar-refractivity contribution in [3.63, 3.8) is 0 Å². The summed E-state index contributed by atoms with van der Waals surface area (Å²) in [6, 6.07) is 7.14. The van der Waals surface area contributed by atoms with Gasteiger partial charge in [-0.3, -0.25) is 0 Å². The molecule has 1 aromatic rings. The third kappa shape index (κ3) is 1.93. The van der Waals surface area contributed by atoms with Gasteiger partial charge < -0.3 is 4.74 Å². The van der Waals surface area contributed by atoms with Gasteiger partial charge in [-0.05, 0) is 17.7 Å². The van der Waals surface area contributed by atoms with E-state index in [1.807, 2.05) is 12.1 Å². The molecule has 1 aliphatic rings. The Hall–Kier alpha value is -1.97. The third-order valence-corrected chi connectivity index (χ3v) is 2.18. The number of hydrogen-bond acceptors (Lipinski definition) is 4. The van der Waals surface area contributed by atoms with Crippen LogP contribution in [0.4, 0.5) is 0 Å². The van der Waals surface area contributed by atoms with E-state index in [-0.39, 0.29) is 5.97 Å². The topological polar surface area (TPSA) is 51.0 Å². The lowest BCUT2D eigenvalue weighted by atomic mass is 10.1. The van der Waals surface area contributed by atoms with Crippen molar-refractivity contribution >= 4 is 17.9 Å². The molecular weight excluding hydrogens is 192 g/mol. The molecule has 76 valence electrons. The molecule has 0 saturated heterocycles. The van der Waals surface area contributed by atoms with E-state index in [1.165, 1.54) is 7.11 Å². The van der Waals surface area contributed by atoms with Gasteiger partial charge >= 0.3 is 5.97 Å².